The summed E-state index contributed by atoms with van der Waals surface area (Å²) in [5, 5.41) is 10.9. The standard InChI is InChI=1S/C19H24N4O2S3/c1-4-9-20-16(24)11-26-18-21-22-19(28-18)27-13(3)17(25)23-12(2)10-14-7-5-6-8-15(14)23/h5-8,12-13H,4,9-11H2,1-3H3,(H,20,24). The van der Waals surface area contributed by atoms with Crippen LogP contribution in [0, 0.1) is 0 Å². The number of nitrogens with zero attached hydrogens (tertiary/aromatic N) is 3. The second-order valence-electron chi connectivity index (χ2n) is 6.62. The third-order valence-electron chi connectivity index (χ3n) is 4.36. The van der Waals surface area contributed by atoms with Gasteiger partial charge in [-0.2, -0.15) is 0 Å². The minimum atomic E-state index is -0.257. The van der Waals surface area contributed by atoms with E-state index in [1.807, 2.05) is 36.9 Å². The Morgan fingerprint density at radius 3 is 2.86 bits per heavy atom. The molecule has 2 amide bonds. The number of rotatable bonds is 8. The molecule has 3 rings (SSSR count). The van der Waals surface area contributed by atoms with E-state index in [4.69, 9.17) is 0 Å². The lowest BCUT2D eigenvalue weighted by molar-refractivity contribution is -0.119. The van der Waals surface area contributed by atoms with Gasteiger partial charge in [-0.25, -0.2) is 0 Å². The molecule has 1 N–H and O–H groups in total. The second kappa shape index (κ2) is 9.76. The first-order valence-electron chi connectivity index (χ1n) is 9.30. The lowest BCUT2D eigenvalue weighted by atomic mass is 10.1. The highest BCUT2D eigenvalue weighted by Gasteiger charge is 2.33. The molecule has 2 unspecified atom stereocenters. The van der Waals surface area contributed by atoms with Crippen molar-refractivity contribution in [1.29, 1.82) is 0 Å². The number of carbonyl (C=O) groups excluding carboxylic acids is 2. The van der Waals surface area contributed by atoms with Gasteiger partial charge in [-0.1, -0.05) is 60.0 Å². The highest BCUT2D eigenvalue weighted by Crippen LogP contribution is 2.36. The number of fused-ring (bicyclic) bond motifs is 1. The number of benzene rings is 1. The topological polar surface area (TPSA) is 75.2 Å². The van der Waals surface area contributed by atoms with Gasteiger partial charge in [0.25, 0.3) is 0 Å². The van der Waals surface area contributed by atoms with Crippen LogP contribution in [-0.4, -0.2) is 45.6 Å². The summed E-state index contributed by atoms with van der Waals surface area (Å²) < 4.78 is 1.49. The van der Waals surface area contributed by atoms with Crippen molar-refractivity contribution >= 4 is 52.4 Å². The highest BCUT2D eigenvalue weighted by molar-refractivity contribution is 8.04. The van der Waals surface area contributed by atoms with Crippen LogP contribution in [0.2, 0.25) is 0 Å². The first kappa shape index (κ1) is 21.1. The molecular formula is C19H24N4O2S3. The van der Waals surface area contributed by atoms with Crippen molar-refractivity contribution in [2.24, 2.45) is 0 Å². The average Bonchev–Trinajstić information content (AvgIpc) is 3.27. The van der Waals surface area contributed by atoms with Crippen LogP contribution >= 0.6 is 34.9 Å². The molecule has 0 spiro atoms. The maximum Gasteiger partial charge on any atom is 0.240 e. The molecule has 6 nitrogen and oxygen atoms in total. The van der Waals surface area contributed by atoms with Crippen LogP contribution in [0.15, 0.2) is 32.9 Å². The zero-order valence-electron chi connectivity index (χ0n) is 16.2. The van der Waals surface area contributed by atoms with Gasteiger partial charge in [0.15, 0.2) is 8.68 Å². The Labute approximate surface area is 177 Å². The number of anilines is 1. The van der Waals surface area contributed by atoms with Gasteiger partial charge in [0, 0.05) is 18.3 Å². The molecule has 2 atom stereocenters. The third-order valence-corrected chi connectivity index (χ3v) is 7.59. The van der Waals surface area contributed by atoms with Crippen molar-refractivity contribution in [2.45, 2.75) is 53.6 Å². The van der Waals surface area contributed by atoms with Gasteiger partial charge in [0.05, 0.1) is 11.0 Å². The molecule has 1 aliphatic heterocycles. The summed E-state index contributed by atoms with van der Waals surface area (Å²) in [5.41, 5.74) is 2.23. The van der Waals surface area contributed by atoms with E-state index in [0.29, 0.717) is 12.3 Å². The summed E-state index contributed by atoms with van der Waals surface area (Å²) in [6, 6.07) is 8.25. The van der Waals surface area contributed by atoms with Crippen molar-refractivity contribution in [1.82, 2.24) is 15.5 Å². The van der Waals surface area contributed by atoms with Crippen molar-refractivity contribution in [2.75, 3.05) is 17.2 Å². The van der Waals surface area contributed by atoms with E-state index in [1.54, 1.807) is 0 Å². The van der Waals surface area contributed by atoms with Gasteiger partial charge in [0.1, 0.15) is 0 Å². The summed E-state index contributed by atoms with van der Waals surface area (Å²) in [4.78, 5) is 26.6. The fourth-order valence-electron chi connectivity index (χ4n) is 3.04. The molecule has 2 aromatic rings. The van der Waals surface area contributed by atoms with Crippen LogP contribution in [-0.2, 0) is 16.0 Å². The van der Waals surface area contributed by atoms with Crippen LogP contribution in [0.3, 0.4) is 0 Å². The zero-order valence-corrected chi connectivity index (χ0v) is 18.6. The van der Waals surface area contributed by atoms with E-state index in [9.17, 15) is 9.59 Å². The Hall–Kier alpha value is -1.58. The summed E-state index contributed by atoms with van der Waals surface area (Å²) in [7, 11) is 0. The molecule has 0 fully saturated rings. The number of thioether (sulfide) groups is 2. The Bertz CT molecular complexity index is 842. The predicted octanol–water partition coefficient (Wildman–Crippen LogP) is 3.61. The number of amides is 2. The number of hydrogen-bond acceptors (Lipinski definition) is 7. The quantitative estimate of drug-likeness (QED) is 0.637. The number of para-hydroxylation sites is 1. The SMILES string of the molecule is CCCNC(=O)CSc1nnc(SC(C)C(=O)N2c3ccccc3CC2C)s1. The normalized spacial score (nSPS) is 16.7. The van der Waals surface area contributed by atoms with Crippen LogP contribution in [0.5, 0.6) is 0 Å². The molecule has 1 aromatic carbocycles. The maximum atomic E-state index is 13.0. The largest absolute Gasteiger partial charge is 0.355 e. The van der Waals surface area contributed by atoms with Gasteiger partial charge in [-0.3, -0.25) is 9.59 Å². The van der Waals surface area contributed by atoms with Crippen molar-refractivity contribution < 1.29 is 9.59 Å². The molecule has 9 heteroatoms. The Kier molecular flexibility index (Phi) is 7.36. The molecule has 0 bridgehead atoms. The number of aromatic nitrogens is 2. The first-order valence-corrected chi connectivity index (χ1v) is 12.0. The summed E-state index contributed by atoms with van der Waals surface area (Å²) >= 11 is 4.23. The number of hydrogen-bond donors (Lipinski definition) is 1. The van der Waals surface area contributed by atoms with Crippen LogP contribution in [0.1, 0.15) is 32.8 Å². The minimum absolute atomic E-state index is 0.00138. The predicted molar refractivity (Wildman–Crippen MR) is 116 cm³/mol. The van der Waals surface area contributed by atoms with Crippen LogP contribution < -0.4 is 10.2 Å². The number of nitrogens with one attached hydrogen (secondary N) is 1. The van der Waals surface area contributed by atoms with Gasteiger partial charge in [-0.15, -0.1) is 10.2 Å². The fraction of sp³-hybridized carbons (Fsp3) is 0.474. The fourth-order valence-corrected chi connectivity index (χ4v) is 6.09. The molecule has 150 valence electrons. The van der Waals surface area contributed by atoms with Gasteiger partial charge in [0.2, 0.25) is 11.8 Å². The molecule has 2 heterocycles. The molecule has 28 heavy (non-hydrogen) atoms. The lowest BCUT2D eigenvalue weighted by Gasteiger charge is -2.25. The molecule has 0 saturated carbocycles. The summed E-state index contributed by atoms with van der Waals surface area (Å²) in [6.45, 7) is 6.70. The van der Waals surface area contributed by atoms with E-state index in [2.05, 4.69) is 28.5 Å². The van der Waals surface area contributed by atoms with Gasteiger partial charge in [-0.05, 0) is 38.3 Å². The summed E-state index contributed by atoms with van der Waals surface area (Å²) in [5.74, 6) is 0.419. The number of carbonyl (C=O) groups is 2. The van der Waals surface area contributed by atoms with E-state index in [0.717, 1.165) is 27.2 Å². The van der Waals surface area contributed by atoms with E-state index >= 15 is 0 Å². The van der Waals surface area contributed by atoms with Crippen molar-refractivity contribution in [3.8, 4) is 0 Å². The third kappa shape index (κ3) is 5.07. The van der Waals surface area contributed by atoms with Crippen LogP contribution in [0.25, 0.3) is 0 Å². The maximum absolute atomic E-state index is 13.0. The smallest absolute Gasteiger partial charge is 0.240 e. The van der Waals surface area contributed by atoms with Gasteiger partial charge < -0.3 is 10.2 Å². The first-order chi connectivity index (χ1) is 13.5. The van der Waals surface area contributed by atoms with E-state index in [1.165, 1.54) is 40.4 Å². The molecular weight excluding hydrogens is 412 g/mol. The van der Waals surface area contributed by atoms with E-state index < -0.39 is 0 Å². The molecule has 0 radical (unpaired) electrons. The van der Waals surface area contributed by atoms with E-state index in [-0.39, 0.29) is 23.1 Å². The van der Waals surface area contributed by atoms with Gasteiger partial charge >= 0.3 is 0 Å². The summed E-state index contributed by atoms with van der Waals surface area (Å²) in [6.07, 6.45) is 1.81. The molecule has 0 saturated heterocycles. The zero-order chi connectivity index (χ0) is 20.1. The van der Waals surface area contributed by atoms with Crippen LogP contribution in [0.4, 0.5) is 5.69 Å². The monoisotopic (exact) mass is 436 g/mol. The minimum Gasteiger partial charge on any atom is -0.355 e. The molecule has 0 aliphatic carbocycles. The highest BCUT2D eigenvalue weighted by atomic mass is 32.2. The van der Waals surface area contributed by atoms with Crippen molar-refractivity contribution in [3.63, 3.8) is 0 Å². The Morgan fingerprint density at radius 1 is 1.32 bits per heavy atom. The van der Waals surface area contributed by atoms with Crippen molar-refractivity contribution in [3.05, 3.63) is 29.8 Å². The lowest BCUT2D eigenvalue weighted by Crippen LogP contribution is -2.40. The molecule has 1 aromatic heterocycles. The Balaban J connectivity index is 1.56. The molecule has 1 aliphatic rings. The average molecular weight is 437 g/mol. The Morgan fingerprint density at radius 2 is 2.07 bits per heavy atom. The second-order valence-corrected chi connectivity index (χ2v) is 10.4.